The van der Waals surface area contributed by atoms with Gasteiger partial charge in [0, 0.05) is 6.07 Å². The summed E-state index contributed by atoms with van der Waals surface area (Å²) < 4.78 is 6.73. The lowest BCUT2D eigenvalue weighted by molar-refractivity contribution is 0.112. The molecule has 0 aliphatic heterocycles. The van der Waals surface area contributed by atoms with Gasteiger partial charge in [-0.3, -0.25) is 4.79 Å². The average Bonchev–Trinajstić information content (AvgIpc) is 2.76. The van der Waals surface area contributed by atoms with E-state index in [0.29, 0.717) is 22.2 Å². The summed E-state index contributed by atoms with van der Waals surface area (Å²) in [5.41, 5.74) is 1.90. The maximum atomic E-state index is 11.2. The molecule has 2 rings (SSSR count). The zero-order valence-corrected chi connectivity index (χ0v) is 11.8. The quantitative estimate of drug-likeness (QED) is 0.805. The highest BCUT2D eigenvalue weighted by molar-refractivity contribution is 6.32. The van der Waals surface area contributed by atoms with E-state index in [1.165, 1.54) is 0 Å². The molecule has 4 nitrogen and oxygen atoms in total. The number of hydrogen-bond donors (Lipinski definition) is 0. The van der Waals surface area contributed by atoms with Gasteiger partial charge in [-0.25, -0.2) is 4.68 Å². The van der Waals surface area contributed by atoms with Gasteiger partial charge in [-0.15, -0.1) is 0 Å². The largest absolute Gasteiger partial charge is 0.497 e. The predicted octanol–water partition coefficient (Wildman–Crippen LogP) is 3.47. The molecule has 5 heteroatoms. The summed E-state index contributed by atoms with van der Waals surface area (Å²) in [5, 5.41) is 4.75. The van der Waals surface area contributed by atoms with Crippen LogP contribution in [0.25, 0.3) is 5.69 Å². The lowest BCUT2D eigenvalue weighted by Gasteiger charge is -2.05. The third kappa shape index (κ3) is 2.49. The Labute approximate surface area is 116 Å². The van der Waals surface area contributed by atoms with Gasteiger partial charge in [-0.05, 0) is 18.1 Å². The third-order valence-corrected chi connectivity index (χ3v) is 3.22. The summed E-state index contributed by atoms with van der Waals surface area (Å²) in [5.74, 6) is 0.840. The molecule has 0 unspecified atom stereocenters. The standard InChI is InChI=1S/C14H15ClN2O2/c1-9(2)13-12(8-18)14(15)17(16-13)10-5-4-6-11(7-10)19-3/h4-9H,1-3H3. The molecule has 1 aromatic carbocycles. The fraction of sp³-hybridized carbons (Fsp3) is 0.286. The summed E-state index contributed by atoms with van der Waals surface area (Å²) in [4.78, 5) is 11.2. The molecule has 1 aromatic heterocycles. The molecular weight excluding hydrogens is 264 g/mol. The molecule has 0 spiro atoms. The maximum absolute atomic E-state index is 11.2. The molecule has 0 N–H and O–H groups in total. The molecule has 1 heterocycles. The van der Waals surface area contributed by atoms with E-state index in [1.54, 1.807) is 11.8 Å². The first-order chi connectivity index (χ1) is 9.08. The number of carbonyl (C=O) groups excluding carboxylic acids is 1. The van der Waals surface area contributed by atoms with Crippen LogP contribution >= 0.6 is 11.6 Å². The second-order valence-electron chi connectivity index (χ2n) is 4.48. The lowest BCUT2D eigenvalue weighted by Crippen LogP contribution is -1.98. The lowest BCUT2D eigenvalue weighted by atomic mass is 10.1. The van der Waals surface area contributed by atoms with Crippen molar-refractivity contribution in [3.05, 3.63) is 40.7 Å². The first-order valence-electron chi connectivity index (χ1n) is 5.96. The van der Waals surface area contributed by atoms with Crippen molar-refractivity contribution in [3.63, 3.8) is 0 Å². The first-order valence-corrected chi connectivity index (χ1v) is 6.34. The second-order valence-corrected chi connectivity index (χ2v) is 4.83. The van der Waals surface area contributed by atoms with Crippen molar-refractivity contribution in [2.24, 2.45) is 0 Å². The Hall–Kier alpha value is -1.81. The zero-order valence-electron chi connectivity index (χ0n) is 11.1. The molecule has 0 saturated carbocycles. The molecule has 0 saturated heterocycles. The Morgan fingerprint density at radius 2 is 2.16 bits per heavy atom. The van der Waals surface area contributed by atoms with Crippen LogP contribution in [0.3, 0.4) is 0 Å². The number of rotatable bonds is 4. The molecule has 0 bridgehead atoms. The number of benzene rings is 1. The molecular formula is C14H15ClN2O2. The highest BCUT2D eigenvalue weighted by atomic mass is 35.5. The Morgan fingerprint density at radius 1 is 1.42 bits per heavy atom. The van der Waals surface area contributed by atoms with Crippen LogP contribution in [-0.4, -0.2) is 23.2 Å². The highest BCUT2D eigenvalue weighted by Gasteiger charge is 2.19. The van der Waals surface area contributed by atoms with Gasteiger partial charge in [0.05, 0.1) is 24.1 Å². The van der Waals surface area contributed by atoms with Gasteiger partial charge in [-0.1, -0.05) is 31.5 Å². The summed E-state index contributed by atoms with van der Waals surface area (Å²) in [6, 6.07) is 7.37. The van der Waals surface area contributed by atoms with Crippen LogP contribution in [-0.2, 0) is 0 Å². The summed E-state index contributed by atoms with van der Waals surface area (Å²) >= 11 is 6.23. The molecule has 19 heavy (non-hydrogen) atoms. The van der Waals surface area contributed by atoms with Crippen molar-refractivity contribution in [2.45, 2.75) is 19.8 Å². The number of methoxy groups -OCH3 is 1. The summed E-state index contributed by atoms with van der Waals surface area (Å²) in [7, 11) is 1.60. The van der Waals surface area contributed by atoms with Gasteiger partial charge in [-0.2, -0.15) is 5.10 Å². The number of halogens is 1. The average molecular weight is 279 g/mol. The van der Waals surface area contributed by atoms with E-state index in [9.17, 15) is 4.79 Å². The van der Waals surface area contributed by atoms with E-state index in [0.717, 1.165) is 12.0 Å². The topological polar surface area (TPSA) is 44.1 Å². The number of nitrogens with zero attached hydrogens (tertiary/aromatic N) is 2. The molecule has 0 fully saturated rings. The van der Waals surface area contributed by atoms with Gasteiger partial charge in [0.25, 0.3) is 0 Å². The monoisotopic (exact) mass is 278 g/mol. The normalized spacial score (nSPS) is 10.8. The number of ether oxygens (including phenoxy) is 1. The molecule has 2 aromatic rings. The Balaban J connectivity index is 2.59. The van der Waals surface area contributed by atoms with Crippen LogP contribution < -0.4 is 4.74 Å². The molecule has 0 aliphatic rings. The minimum Gasteiger partial charge on any atom is -0.497 e. The van der Waals surface area contributed by atoms with Gasteiger partial charge in [0.2, 0.25) is 0 Å². The molecule has 100 valence electrons. The number of carbonyl (C=O) groups is 1. The molecule has 0 amide bonds. The zero-order chi connectivity index (χ0) is 14.0. The third-order valence-electron chi connectivity index (χ3n) is 2.85. The second kappa shape index (κ2) is 5.45. The molecule has 0 radical (unpaired) electrons. The van der Waals surface area contributed by atoms with Crippen molar-refractivity contribution in [1.82, 2.24) is 9.78 Å². The van der Waals surface area contributed by atoms with Crippen LogP contribution in [0.4, 0.5) is 0 Å². The van der Waals surface area contributed by atoms with Gasteiger partial charge in [0.15, 0.2) is 6.29 Å². The van der Waals surface area contributed by atoms with Crippen LogP contribution in [0.15, 0.2) is 24.3 Å². The molecule has 0 aliphatic carbocycles. The first kappa shape index (κ1) is 13.6. The van der Waals surface area contributed by atoms with E-state index in [4.69, 9.17) is 16.3 Å². The minimum atomic E-state index is 0.129. The van der Waals surface area contributed by atoms with Crippen molar-refractivity contribution >= 4 is 17.9 Å². The van der Waals surface area contributed by atoms with Gasteiger partial charge < -0.3 is 4.74 Å². The van der Waals surface area contributed by atoms with Gasteiger partial charge >= 0.3 is 0 Å². The predicted molar refractivity (Wildman–Crippen MR) is 74.6 cm³/mol. The highest BCUT2D eigenvalue weighted by Crippen LogP contribution is 2.28. The van der Waals surface area contributed by atoms with Crippen molar-refractivity contribution < 1.29 is 9.53 Å². The summed E-state index contributed by atoms with van der Waals surface area (Å²) in [6.45, 7) is 3.95. The van der Waals surface area contributed by atoms with Gasteiger partial charge in [0.1, 0.15) is 10.9 Å². The SMILES string of the molecule is COc1cccc(-n2nc(C(C)C)c(C=O)c2Cl)c1. The Morgan fingerprint density at radius 3 is 2.68 bits per heavy atom. The fourth-order valence-corrected chi connectivity index (χ4v) is 2.15. The Kier molecular flexibility index (Phi) is 3.90. The van der Waals surface area contributed by atoms with Crippen LogP contribution in [0.1, 0.15) is 35.8 Å². The van der Waals surface area contributed by atoms with Crippen molar-refractivity contribution in [1.29, 1.82) is 0 Å². The van der Waals surface area contributed by atoms with E-state index >= 15 is 0 Å². The number of aldehydes is 1. The summed E-state index contributed by atoms with van der Waals surface area (Å²) in [6.07, 6.45) is 0.751. The van der Waals surface area contributed by atoms with Crippen molar-refractivity contribution in [3.8, 4) is 11.4 Å². The van der Waals surface area contributed by atoms with E-state index in [-0.39, 0.29) is 5.92 Å². The van der Waals surface area contributed by atoms with Crippen molar-refractivity contribution in [2.75, 3.05) is 7.11 Å². The number of aromatic nitrogens is 2. The van der Waals surface area contributed by atoms with E-state index in [1.807, 2.05) is 38.1 Å². The van der Waals surface area contributed by atoms with Crippen LogP contribution in [0.5, 0.6) is 5.75 Å². The molecule has 0 atom stereocenters. The van der Waals surface area contributed by atoms with Crippen LogP contribution in [0, 0.1) is 0 Å². The van der Waals surface area contributed by atoms with Crippen LogP contribution in [0.2, 0.25) is 5.15 Å². The minimum absolute atomic E-state index is 0.129. The van der Waals surface area contributed by atoms with E-state index in [2.05, 4.69) is 5.10 Å². The maximum Gasteiger partial charge on any atom is 0.155 e. The fourth-order valence-electron chi connectivity index (χ4n) is 1.87. The Bertz CT molecular complexity index is 605. The van der Waals surface area contributed by atoms with E-state index < -0.39 is 0 Å². The number of hydrogen-bond acceptors (Lipinski definition) is 3. The smallest absolute Gasteiger partial charge is 0.155 e.